The van der Waals surface area contributed by atoms with Crippen LogP contribution < -0.4 is 11.3 Å². The van der Waals surface area contributed by atoms with Crippen molar-refractivity contribution >= 4 is 65.7 Å². The molecule has 0 amide bonds. The van der Waals surface area contributed by atoms with Crippen LogP contribution in [0.4, 0.5) is 11.5 Å². The number of aliphatic imine (C=N–C) groups is 1. The van der Waals surface area contributed by atoms with E-state index in [4.69, 9.17) is 5.73 Å². The first-order valence-electron chi connectivity index (χ1n) is 8.63. The summed E-state index contributed by atoms with van der Waals surface area (Å²) < 4.78 is 26.1. The minimum atomic E-state index is -3.34. The smallest absolute Gasteiger partial charge is 0.283 e. The van der Waals surface area contributed by atoms with Gasteiger partial charge >= 0.3 is 0 Å². The minimum absolute atomic E-state index is 0.208. The van der Waals surface area contributed by atoms with Gasteiger partial charge in [0.2, 0.25) is 0 Å². The monoisotopic (exact) mass is 422 g/mol. The van der Waals surface area contributed by atoms with Crippen LogP contribution in [0, 0.1) is 0 Å². The van der Waals surface area contributed by atoms with Gasteiger partial charge in [0.15, 0.2) is 14.8 Å². The average molecular weight is 422 g/mol. The molecule has 3 heterocycles. The first-order chi connectivity index (χ1) is 13.8. The molecule has 0 radical (unpaired) electrons. The number of thiazole rings is 1. The van der Waals surface area contributed by atoms with Crippen molar-refractivity contribution in [1.82, 2.24) is 9.38 Å². The molecule has 1 aliphatic heterocycles. The molecule has 1 aliphatic rings. The fraction of sp³-hybridized carbons (Fsp3) is 0.0500. The van der Waals surface area contributed by atoms with Crippen molar-refractivity contribution in [3.8, 4) is 0 Å². The van der Waals surface area contributed by atoms with Gasteiger partial charge in [0, 0.05) is 23.6 Å². The van der Waals surface area contributed by atoms with Crippen molar-refractivity contribution in [2.24, 2.45) is 4.99 Å². The summed E-state index contributed by atoms with van der Waals surface area (Å²) in [6.07, 6.45) is 4.55. The molecule has 0 aliphatic carbocycles. The van der Waals surface area contributed by atoms with Crippen LogP contribution in [0.25, 0.3) is 26.8 Å². The number of allylic oxidation sites excluding steroid dienone is 1. The second kappa shape index (κ2) is 6.10. The lowest BCUT2D eigenvalue weighted by molar-refractivity contribution is 0.602. The van der Waals surface area contributed by atoms with Crippen molar-refractivity contribution in [1.29, 1.82) is 0 Å². The second-order valence-corrected chi connectivity index (χ2v) is 9.74. The fourth-order valence-corrected chi connectivity index (χ4v) is 5.15. The Balaban J connectivity index is 1.76. The highest BCUT2D eigenvalue weighted by molar-refractivity contribution is 7.90. The molecule has 5 rings (SSSR count). The van der Waals surface area contributed by atoms with E-state index in [1.165, 1.54) is 17.4 Å². The average Bonchev–Trinajstić information content (AvgIpc) is 3.24. The van der Waals surface area contributed by atoms with Crippen LogP contribution in [0.5, 0.6) is 0 Å². The minimum Gasteiger partial charge on any atom is -0.384 e. The lowest BCUT2D eigenvalue weighted by Gasteiger charge is -2.06. The van der Waals surface area contributed by atoms with Gasteiger partial charge in [0.05, 0.1) is 26.4 Å². The van der Waals surface area contributed by atoms with E-state index in [0.29, 0.717) is 15.2 Å². The number of benzene rings is 2. The van der Waals surface area contributed by atoms with Crippen molar-refractivity contribution in [3.63, 3.8) is 0 Å². The Hall–Kier alpha value is -3.30. The maximum Gasteiger partial charge on any atom is 0.283 e. The summed E-state index contributed by atoms with van der Waals surface area (Å²) in [7, 11) is -3.34. The van der Waals surface area contributed by atoms with Crippen molar-refractivity contribution in [2.45, 2.75) is 4.90 Å². The Bertz CT molecular complexity index is 1560. The zero-order valence-corrected chi connectivity index (χ0v) is 16.8. The molecular formula is C20H14N4O3S2. The highest BCUT2D eigenvalue weighted by Gasteiger charge is 2.18. The largest absolute Gasteiger partial charge is 0.384 e. The molecule has 2 aromatic carbocycles. The summed E-state index contributed by atoms with van der Waals surface area (Å²) in [6, 6.07) is 12.4. The first kappa shape index (κ1) is 17.8. The fourth-order valence-electron chi connectivity index (χ4n) is 3.37. The van der Waals surface area contributed by atoms with Gasteiger partial charge in [-0.2, -0.15) is 4.98 Å². The van der Waals surface area contributed by atoms with Crippen LogP contribution >= 0.6 is 11.3 Å². The van der Waals surface area contributed by atoms with Crippen LogP contribution in [0.15, 0.2) is 57.1 Å². The molecule has 0 unspecified atom stereocenters. The van der Waals surface area contributed by atoms with E-state index in [-0.39, 0.29) is 16.3 Å². The zero-order valence-electron chi connectivity index (χ0n) is 15.2. The number of nitrogens with two attached hydrogens (primary N) is 1. The Morgan fingerprint density at radius 1 is 1.17 bits per heavy atom. The predicted molar refractivity (Wildman–Crippen MR) is 117 cm³/mol. The molecule has 0 atom stereocenters. The van der Waals surface area contributed by atoms with Gasteiger partial charge in [-0.15, -0.1) is 0 Å². The van der Waals surface area contributed by atoms with E-state index >= 15 is 0 Å². The quantitative estimate of drug-likeness (QED) is 0.534. The Morgan fingerprint density at radius 3 is 2.76 bits per heavy atom. The number of nitrogen functional groups attached to an aromatic ring is 1. The van der Waals surface area contributed by atoms with Crippen LogP contribution in [0.1, 0.15) is 11.1 Å². The standard InChI is InChI=1S/C20H14N4O3S2/c1-29(26,27)12-6-7-16-17(9-12)28-20-23-19(25)14(18(21)24(16)20)8-11-10-22-15-5-3-2-4-13(11)15/h2-10H,21H2,1H3/b11-8+. The number of para-hydroxylation sites is 1. The first-order valence-corrected chi connectivity index (χ1v) is 11.3. The lowest BCUT2D eigenvalue weighted by Crippen LogP contribution is -2.16. The van der Waals surface area contributed by atoms with Gasteiger partial charge in [-0.1, -0.05) is 29.5 Å². The highest BCUT2D eigenvalue weighted by Crippen LogP contribution is 2.34. The van der Waals surface area contributed by atoms with E-state index in [1.807, 2.05) is 24.3 Å². The van der Waals surface area contributed by atoms with E-state index in [1.54, 1.807) is 28.8 Å². The number of fused-ring (bicyclic) bond motifs is 4. The van der Waals surface area contributed by atoms with E-state index in [0.717, 1.165) is 23.1 Å². The molecule has 0 saturated heterocycles. The van der Waals surface area contributed by atoms with Crippen LogP contribution in [-0.2, 0) is 9.84 Å². The SMILES string of the molecule is CS(=O)(=O)c1ccc2c(c1)sc1nc(=O)c(/C=C3\C=Nc4ccccc43)c(N)n12. The third-order valence-electron chi connectivity index (χ3n) is 4.79. The van der Waals surface area contributed by atoms with Crippen LogP contribution in [0.3, 0.4) is 0 Å². The summed E-state index contributed by atoms with van der Waals surface area (Å²) in [4.78, 5) is 21.8. The summed E-state index contributed by atoms with van der Waals surface area (Å²) >= 11 is 1.22. The molecule has 0 bridgehead atoms. The zero-order chi connectivity index (χ0) is 20.3. The Kier molecular flexibility index (Phi) is 3.74. The molecule has 4 aromatic rings. The van der Waals surface area contributed by atoms with E-state index in [2.05, 4.69) is 9.98 Å². The third kappa shape index (κ3) is 2.78. The van der Waals surface area contributed by atoms with Crippen molar-refractivity contribution in [3.05, 3.63) is 63.9 Å². The topological polar surface area (TPSA) is 107 Å². The molecule has 2 aromatic heterocycles. The summed E-state index contributed by atoms with van der Waals surface area (Å²) in [5, 5.41) is 0. The number of nitrogens with zero attached hydrogens (tertiary/aromatic N) is 3. The summed E-state index contributed by atoms with van der Waals surface area (Å²) in [5.74, 6) is 0.253. The normalized spacial score (nSPS) is 14.9. The molecule has 0 spiro atoms. The molecular weight excluding hydrogens is 408 g/mol. The van der Waals surface area contributed by atoms with Crippen molar-refractivity contribution < 1.29 is 8.42 Å². The number of hydrogen-bond acceptors (Lipinski definition) is 7. The highest BCUT2D eigenvalue weighted by atomic mass is 32.2. The van der Waals surface area contributed by atoms with Gasteiger partial charge in [-0.05, 0) is 30.3 Å². The summed E-state index contributed by atoms with van der Waals surface area (Å²) in [6.45, 7) is 0. The third-order valence-corrected chi connectivity index (χ3v) is 6.91. The molecule has 29 heavy (non-hydrogen) atoms. The van der Waals surface area contributed by atoms with E-state index in [9.17, 15) is 13.2 Å². The maximum absolute atomic E-state index is 12.7. The number of aromatic nitrogens is 2. The van der Waals surface area contributed by atoms with Crippen LogP contribution in [0.2, 0.25) is 0 Å². The lowest BCUT2D eigenvalue weighted by atomic mass is 10.1. The van der Waals surface area contributed by atoms with Gasteiger partial charge in [-0.3, -0.25) is 14.2 Å². The van der Waals surface area contributed by atoms with Gasteiger partial charge < -0.3 is 5.73 Å². The molecule has 9 heteroatoms. The maximum atomic E-state index is 12.7. The molecule has 2 N–H and O–H groups in total. The van der Waals surface area contributed by atoms with Gasteiger partial charge in [0.25, 0.3) is 5.56 Å². The molecule has 0 saturated carbocycles. The predicted octanol–water partition coefficient (Wildman–Crippen LogP) is 3.15. The van der Waals surface area contributed by atoms with E-state index < -0.39 is 15.4 Å². The number of sulfone groups is 1. The number of hydrogen-bond donors (Lipinski definition) is 1. The van der Waals surface area contributed by atoms with Crippen LogP contribution in [-0.4, -0.2) is 30.3 Å². The Morgan fingerprint density at radius 2 is 1.97 bits per heavy atom. The molecule has 7 nitrogen and oxygen atoms in total. The van der Waals surface area contributed by atoms with Gasteiger partial charge in [0.1, 0.15) is 5.82 Å². The van der Waals surface area contributed by atoms with Crippen molar-refractivity contribution in [2.75, 3.05) is 12.0 Å². The Labute approximate surface area is 169 Å². The number of anilines is 1. The molecule has 0 fully saturated rings. The molecule has 144 valence electrons. The second-order valence-electron chi connectivity index (χ2n) is 6.71. The summed E-state index contributed by atoms with van der Waals surface area (Å²) in [5.41, 5.74) is 9.44. The number of rotatable bonds is 2. The van der Waals surface area contributed by atoms with Gasteiger partial charge in [-0.25, -0.2) is 8.42 Å².